The number of fused-ring (bicyclic) bond motifs is 1. The third-order valence-electron chi connectivity index (χ3n) is 2.26. The lowest BCUT2D eigenvalue weighted by molar-refractivity contribution is 0.0777. The van der Waals surface area contributed by atoms with Crippen molar-refractivity contribution < 1.29 is 9.59 Å². The molecule has 0 fully saturated rings. The molecule has 1 aromatic rings. The molecule has 20 heavy (non-hydrogen) atoms. The van der Waals surface area contributed by atoms with Gasteiger partial charge in [0.15, 0.2) is 0 Å². The van der Waals surface area contributed by atoms with E-state index in [1.54, 1.807) is 0 Å². The molecule has 0 unspecified atom stereocenters. The first-order valence-electron chi connectivity index (χ1n) is 4.57. The van der Waals surface area contributed by atoms with Gasteiger partial charge >= 0.3 is 0 Å². The molecule has 0 saturated carbocycles. The van der Waals surface area contributed by atoms with Crippen molar-refractivity contribution in [3.05, 3.63) is 31.2 Å². The van der Waals surface area contributed by atoms with Gasteiger partial charge in [0.05, 0.1) is 31.2 Å². The van der Waals surface area contributed by atoms with Gasteiger partial charge in [0.2, 0.25) is 0 Å². The number of hydrogen-bond acceptors (Lipinski definition) is 3. The van der Waals surface area contributed by atoms with E-state index in [4.69, 9.17) is 81.2 Å². The first-order valence-corrected chi connectivity index (χ1v) is 7.98. The van der Waals surface area contributed by atoms with Crippen molar-refractivity contribution in [3.63, 3.8) is 0 Å². The van der Waals surface area contributed by atoms with Crippen LogP contribution in [-0.4, -0.2) is 19.2 Å². The first-order chi connectivity index (χ1) is 9.06. The Hall–Kier alpha value is 0.740. The molecule has 108 valence electrons. The first kappa shape index (κ1) is 17.1. The van der Waals surface area contributed by atoms with Gasteiger partial charge in [-0.1, -0.05) is 81.2 Å². The highest BCUT2D eigenvalue weighted by atomic mass is 35.6. The lowest BCUT2D eigenvalue weighted by Gasteiger charge is -2.17. The fraction of sp³-hybridized carbons (Fsp3) is 0.111. The highest BCUT2D eigenvalue weighted by Crippen LogP contribution is 2.49. The topological polar surface area (TPSA) is 37.4 Å². The van der Waals surface area contributed by atoms with Crippen molar-refractivity contribution in [3.8, 4) is 0 Å². The van der Waals surface area contributed by atoms with Gasteiger partial charge in [0.25, 0.3) is 14.9 Å². The average Bonchev–Trinajstić information content (AvgIpc) is 2.57. The number of nitrogens with zero attached hydrogens (tertiary/aromatic N) is 1. The third-order valence-corrected chi connectivity index (χ3v) is 5.40. The van der Waals surface area contributed by atoms with Crippen LogP contribution in [0.25, 0.3) is 0 Å². The zero-order chi connectivity index (χ0) is 15.4. The minimum atomic E-state index is -1.92. The maximum Gasteiger partial charge on any atom is 0.273 e. The molecule has 0 aromatic heterocycles. The van der Waals surface area contributed by atoms with E-state index in [0.717, 1.165) is 0 Å². The Kier molecular flexibility index (Phi) is 4.91. The number of carbonyl (C=O) groups is 2. The van der Waals surface area contributed by atoms with Crippen LogP contribution in [0.2, 0.25) is 20.1 Å². The molecule has 1 heterocycles. The molecule has 0 aliphatic carbocycles. The van der Waals surface area contributed by atoms with E-state index in [9.17, 15) is 9.59 Å². The minimum absolute atomic E-state index is 0.126. The predicted molar refractivity (Wildman–Crippen MR) is 84.9 cm³/mol. The molecule has 0 atom stereocenters. The normalized spacial score (nSPS) is 15.1. The van der Waals surface area contributed by atoms with Gasteiger partial charge in [-0.25, -0.2) is 4.31 Å². The summed E-state index contributed by atoms with van der Waals surface area (Å²) in [6.07, 6.45) is 0. The zero-order valence-electron chi connectivity index (χ0n) is 8.82. The molecule has 2 rings (SSSR count). The van der Waals surface area contributed by atoms with Crippen LogP contribution in [0.3, 0.4) is 0 Å². The fourth-order valence-corrected chi connectivity index (χ4v) is 3.71. The Morgan fingerprint density at radius 3 is 1.40 bits per heavy atom. The highest BCUT2D eigenvalue weighted by molar-refractivity contribution is 8.03. The molecule has 1 aliphatic heterocycles. The number of benzene rings is 1. The summed E-state index contributed by atoms with van der Waals surface area (Å²) in [7, 11) is 0. The summed E-state index contributed by atoms with van der Waals surface area (Å²) in [6, 6.07) is 0. The number of halogens is 7. The second kappa shape index (κ2) is 5.74. The number of rotatable bonds is 1. The van der Waals surface area contributed by atoms with Crippen molar-refractivity contribution in [1.82, 2.24) is 4.31 Å². The summed E-state index contributed by atoms with van der Waals surface area (Å²) in [4.78, 5) is 24.4. The second-order valence-electron chi connectivity index (χ2n) is 3.45. The molecule has 3 nitrogen and oxygen atoms in total. The minimum Gasteiger partial charge on any atom is -0.268 e. The monoisotopic (exact) mass is 431 g/mol. The Morgan fingerprint density at radius 1 is 0.750 bits per heavy atom. The Balaban J connectivity index is 2.64. The Bertz CT molecular complexity index is 595. The summed E-state index contributed by atoms with van der Waals surface area (Å²) in [5.41, 5.74) is -0.337. The zero-order valence-corrected chi connectivity index (χ0v) is 14.9. The van der Waals surface area contributed by atoms with Crippen molar-refractivity contribution in [2.24, 2.45) is 0 Å². The Morgan fingerprint density at radius 2 is 1.10 bits per heavy atom. The number of carbonyl (C=O) groups excluding carboxylic acids is 2. The van der Waals surface area contributed by atoms with Crippen molar-refractivity contribution >= 4 is 105 Å². The van der Waals surface area contributed by atoms with Crippen LogP contribution >= 0.6 is 93.2 Å². The molecule has 2 amide bonds. The van der Waals surface area contributed by atoms with E-state index in [1.807, 2.05) is 0 Å². The van der Waals surface area contributed by atoms with Gasteiger partial charge in [-0.05, 0) is 0 Å². The summed E-state index contributed by atoms with van der Waals surface area (Å²) in [5.74, 6) is -1.57. The molecule has 0 saturated heterocycles. The number of imide groups is 1. The van der Waals surface area contributed by atoms with E-state index in [1.165, 1.54) is 0 Å². The molecule has 1 aromatic carbocycles. The molecular formula is C9Cl7NO2S. The molecule has 11 heteroatoms. The van der Waals surface area contributed by atoms with E-state index in [-0.39, 0.29) is 31.2 Å². The summed E-state index contributed by atoms with van der Waals surface area (Å²) in [6.45, 7) is 0. The number of amides is 2. The largest absolute Gasteiger partial charge is 0.273 e. The van der Waals surface area contributed by atoms with E-state index < -0.39 is 14.9 Å². The van der Waals surface area contributed by atoms with Crippen LogP contribution in [0, 0.1) is 0 Å². The van der Waals surface area contributed by atoms with Crippen LogP contribution in [0.4, 0.5) is 0 Å². The molecule has 0 bridgehead atoms. The van der Waals surface area contributed by atoms with Crippen LogP contribution < -0.4 is 0 Å². The van der Waals surface area contributed by atoms with Crippen LogP contribution in [0.15, 0.2) is 0 Å². The van der Waals surface area contributed by atoms with Crippen molar-refractivity contribution in [1.29, 1.82) is 0 Å². The maximum atomic E-state index is 12.2. The van der Waals surface area contributed by atoms with Crippen molar-refractivity contribution in [2.75, 3.05) is 0 Å². The van der Waals surface area contributed by atoms with Crippen molar-refractivity contribution in [2.45, 2.75) is 3.12 Å². The fourth-order valence-electron chi connectivity index (χ4n) is 1.52. The lowest BCUT2D eigenvalue weighted by Crippen LogP contribution is -2.25. The van der Waals surface area contributed by atoms with Gasteiger partial charge < -0.3 is 0 Å². The predicted octanol–water partition coefficient (Wildman–Crippen LogP) is 5.87. The third kappa shape index (κ3) is 2.82. The Labute approximate surface area is 152 Å². The van der Waals surface area contributed by atoms with Gasteiger partial charge in [0.1, 0.15) is 0 Å². The number of hydrogen-bond donors (Lipinski definition) is 0. The molecular weight excluding hydrogens is 434 g/mol. The molecule has 1 aliphatic rings. The molecule has 0 radical (unpaired) electrons. The molecule has 0 N–H and O–H groups in total. The standard InChI is InChI=1S/C9Cl7NO2S/c10-3-1-2(4(11)6(13)5(3)12)8(19)17(7(1)18)20-9(14,15)16. The van der Waals surface area contributed by atoms with Crippen LogP contribution in [-0.2, 0) is 0 Å². The van der Waals surface area contributed by atoms with E-state index >= 15 is 0 Å². The maximum absolute atomic E-state index is 12.2. The van der Waals surface area contributed by atoms with Gasteiger partial charge in [0, 0.05) is 11.9 Å². The SMILES string of the molecule is O=C1c2c(Cl)c(Cl)c(Cl)c(Cl)c2C(=O)N1SC(Cl)(Cl)Cl. The summed E-state index contributed by atoms with van der Waals surface area (Å²) < 4.78 is -1.28. The second-order valence-corrected chi connectivity index (χ2v) is 9.07. The smallest absolute Gasteiger partial charge is 0.268 e. The van der Waals surface area contributed by atoms with Gasteiger partial charge in [-0.15, -0.1) is 0 Å². The quantitative estimate of drug-likeness (QED) is 0.182. The highest BCUT2D eigenvalue weighted by Gasteiger charge is 2.45. The average molecular weight is 434 g/mol. The summed E-state index contributed by atoms with van der Waals surface area (Å²) >= 11 is 40.6. The van der Waals surface area contributed by atoms with Gasteiger partial charge in [-0.2, -0.15) is 0 Å². The van der Waals surface area contributed by atoms with E-state index in [2.05, 4.69) is 0 Å². The van der Waals surface area contributed by atoms with Gasteiger partial charge in [-0.3, -0.25) is 9.59 Å². The summed E-state index contributed by atoms with van der Waals surface area (Å²) in [5, 5.41) is -0.610. The van der Waals surface area contributed by atoms with E-state index in [0.29, 0.717) is 16.3 Å². The lowest BCUT2D eigenvalue weighted by atomic mass is 10.1. The molecule has 0 spiro atoms. The number of alkyl halides is 3. The van der Waals surface area contributed by atoms with Crippen LogP contribution in [0.1, 0.15) is 20.7 Å². The van der Waals surface area contributed by atoms with Crippen LogP contribution in [0.5, 0.6) is 0 Å².